The van der Waals surface area contributed by atoms with E-state index in [9.17, 15) is 8.42 Å². The van der Waals surface area contributed by atoms with Crippen LogP contribution in [0, 0.1) is 0 Å². The molecule has 0 spiro atoms. The minimum absolute atomic E-state index is 0.287. The van der Waals surface area contributed by atoms with Gasteiger partial charge in [-0.15, -0.1) is 0 Å². The van der Waals surface area contributed by atoms with Gasteiger partial charge in [0.1, 0.15) is 11.4 Å². The monoisotopic (exact) mass is 383 g/mol. The summed E-state index contributed by atoms with van der Waals surface area (Å²) in [5, 5.41) is 1.10. The van der Waals surface area contributed by atoms with Crippen molar-refractivity contribution in [3.05, 3.63) is 60.4 Å². The molecule has 0 saturated heterocycles. The zero-order valence-corrected chi connectivity index (χ0v) is 16.1. The molecule has 3 heterocycles. The summed E-state index contributed by atoms with van der Waals surface area (Å²) in [6.45, 7) is 0.817. The number of benzene rings is 1. The van der Waals surface area contributed by atoms with E-state index in [0.717, 1.165) is 22.2 Å². The Labute approximate surface area is 158 Å². The van der Waals surface area contributed by atoms with E-state index in [1.807, 2.05) is 23.8 Å². The molecule has 1 aliphatic heterocycles. The van der Waals surface area contributed by atoms with E-state index in [1.54, 1.807) is 37.6 Å². The van der Waals surface area contributed by atoms with E-state index in [4.69, 9.17) is 4.74 Å². The number of nitrogens with zero attached hydrogens (tertiary/aromatic N) is 3. The molecule has 0 aliphatic carbocycles. The average Bonchev–Trinajstić information content (AvgIpc) is 3.05. The Hall–Kier alpha value is -2.64. The topological polar surface area (TPSA) is 64.4 Å². The van der Waals surface area contributed by atoms with Crippen molar-refractivity contribution < 1.29 is 13.2 Å². The first kappa shape index (κ1) is 17.8. The second kappa shape index (κ2) is 6.83. The van der Waals surface area contributed by atoms with Gasteiger partial charge in [-0.2, -0.15) is 4.31 Å². The number of pyridine rings is 1. The lowest BCUT2D eigenvalue weighted by atomic mass is 10.0. The summed E-state index contributed by atoms with van der Waals surface area (Å²) in [6, 6.07) is 10.5. The second-order valence-electron chi connectivity index (χ2n) is 6.55. The highest BCUT2D eigenvalue weighted by Crippen LogP contribution is 2.31. The maximum Gasteiger partial charge on any atom is 0.243 e. The van der Waals surface area contributed by atoms with Gasteiger partial charge in [0.15, 0.2) is 0 Å². The number of fused-ring (bicyclic) bond motifs is 1. The fraction of sp³-hybridized carbons (Fsp3) is 0.250. The van der Waals surface area contributed by atoms with Gasteiger partial charge in [-0.05, 0) is 48.4 Å². The first-order valence-electron chi connectivity index (χ1n) is 8.74. The molecule has 4 rings (SSSR count). The molecule has 0 unspecified atom stereocenters. The minimum Gasteiger partial charge on any atom is -0.497 e. The minimum atomic E-state index is -3.51. The van der Waals surface area contributed by atoms with Crippen molar-refractivity contribution >= 4 is 26.6 Å². The largest absolute Gasteiger partial charge is 0.497 e. The molecule has 0 saturated carbocycles. The molecule has 1 aromatic carbocycles. The van der Waals surface area contributed by atoms with Crippen LogP contribution in [0.1, 0.15) is 12.0 Å². The molecule has 2 aromatic heterocycles. The molecule has 1 aliphatic rings. The molecule has 0 amide bonds. The van der Waals surface area contributed by atoms with Crippen LogP contribution in [0.4, 0.5) is 0 Å². The number of hydrogen-bond acceptors (Lipinski definition) is 4. The number of aryl methyl sites for hydroxylation is 1. The predicted octanol–water partition coefficient (Wildman–Crippen LogP) is 3.06. The fourth-order valence-electron chi connectivity index (χ4n) is 3.48. The van der Waals surface area contributed by atoms with Crippen LogP contribution >= 0.6 is 0 Å². The Balaban J connectivity index is 1.60. The lowest BCUT2D eigenvalue weighted by molar-refractivity contribution is 0.414. The van der Waals surface area contributed by atoms with Gasteiger partial charge < -0.3 is 9.30 Å². The highest BCUT2D eigenvalue weighted by Gasteiger charge is 2.27. The van der Waals surface area contributed by atoms with Crippen LogP contribution in [0.15, 0.2) is 59.8 Å². The zero-order valence-electron chi connectivity index (χ0n) is 15.3. The standard InChI is InChI=1S/C20H21N3O3S/c1-22-14-19(18-4-3-11-21-20(18)22)15-9-12-23(13-10-15)27(24,25)17-7-5-16(26-2)6-8-17/h3-9,11,14H,10,12-13H2,1-2H3. The van der Waals surface area contributed by atoms with Crippen LogP contribution in [-0.2, 0) is 17.1 Å². The third kappa shape index (κ3) is 3.13. The van der Waals surface area contributed by atoms with Crippen molar-refractivity contribution in [2.75, 3.05) is 20.2 Å². The molecule has 6 nitrogen and oxygen atoms in total. The molecule has 140 valence electrons. The van der Waals surface area contributed by atoms with Crippen LogP contribution in [-0.4, -0.2) is 42.5 Å². The zero-order chi connectivity index (χ0) is 19.0. The molecule has 0 bridgehead atoms. The molecule has 0 fully saturated rings. The van der Waals surface area contributed by atoms with Gasteiger partial charge in [0, 0.05) is 43.5 Å². The van der Waals surface area contributed by atoms with Crippen LogP contribution in [0.3, 0.4) is 0 Å². The summed E-state index contributed by atoms with van der Waals surface area (Å²) in [6.07, 6.45) is 6.53. The van der Waals surface area contributed by atoms with Gasteiger partial charge in [-0.1, -0.05) is 6.08 Å². The fourth-order valence-corrected chi connectivity index (χ4v) is 4.86. The molecule has 0 N–H and O–H groups in total. The van der Waals surface area contributed by atoms with Crippen LogP contribution in [0.2, 0.25) is 0 Å². The van der Waals surface area contributed by atoms with Crippen molar-refractivity contribution in [1.82, 2.24) is 13.9 Å². The van der Waals surface area contributed by atoms with Crippen molar-refractivity contribution in [2.24, 2.45) is 7.05 Å². The maximum absolute atomic E-state index is 12.9. The molecular weight excluding hydrogens is 362 g/mol. The Morgan fingerprint density at radius 2 is 1.93 bits per heavy atom. The number of rotatable bonds is 4. The third-order valence-corrected chi connectivity index (χ3v) is 6.83. The first-order valence-corrected chi connectivity index (χ1v) is 10.2. The smallest absolute Gasteiger partial charge is 0.243 e. The van der Waals surface area contributed by atoms with Crippen molar-refractivity contribution in [3.8, 4) is 5.75 Å². The number of sulfonamides is 1. The van der Waals surface area contributed by atoms with Crippen LogP contribution in [0.25, 0.3) is 16.6 Å². The van der Waals surface area contributed by atoms with Gasteiger partial charge in [-0.25, -0.2) is 13.4 Å². The molecule has 0 radical (unpaired) electrons. The van der Waals surface area contributed by atoms with Gasteiger partial charge in [0.2, 0.25) is 10.0 Å². The Morgan fingerprint density at radius 3 is 2.59 bits per heavy atom. The van der Waals surface area contributed by atoms with Gasteiger partial charge in [-0.3, -0.25) is 0 Å². The number of ether oxygens (including phenoxy) is 1. The van der Waals surface area contributed by atoms with Crippen molar-refractivity contribution in [1.29, 1.82) is 0 Å². The number of methoxy groups -OCH3 is 1. The predicted molar refractivity (Wildman–Crippen MR) is 105 cm³/mol. The van der Waals surface area contributed by atoms with Gasteiger partial charge in [0.25, 0.3) is 0 Å². The third-order valence-electron chi connectivity index (χ3n) is 4.95. The Bertz CT molecular complexity index is 1120. The highest BCUT2D eigenvalue weighted by molar-refractivity contribution is 7.89. The Kier molecular flexibility index (Phi) is 4.49. The molecule has 3 aromatic rings. The van der Waals surface area contributed by atoms with E-state index in [0.29, 0.717) is 25.3 Å². The lowest BCUT2D eigenvalue weighted by Crippen LogP contribution is -2.34. The number of hydrogen-bond donors (Lipinski definition) is 0. The molecule has 27 heavy (non-hydrogen) atoms. The first-order chi connectivity index (χ1) is 13.0. The van der Waals surface area contributed by atoms with Crippen LogP contribution in [0.5, 0.6) is 5.75 Å². The van der Waals surface area contributed by atoms with E-state index in [1.165, 1.54) is 4.31 Å². The summed E-state index contributed by atoms with van der Waals surface area (Å²) in [5.41, 5.74) is 3.22. The van der Waals surface area contributed by atoms with Crippen molar-refractivity contribution in [3.63, 3.8) is 0 Å². The summed E-state index contributed by atoms with van der Waals surface area (Å²) < 4.78 is 34.4. The molecular formula is C20H21N3O3S. The lowest BCUT2D eigenvalue weighted by Gasteiger charge is -2.26. The summed E-state index contributed by atoms with van der Waals surface area (Å²) in [7, 11) is 0.0194. The highest BCUT2D eigenvalue weighted by atomic mass is 32.2. The second-order valence-corrected chi connectivity index (χ2v) is 8.48. The number of aromatic nitrogens is 2. The SMILES string of the molecule is COc1ccc(S(=O)(=O)N2CC=C(c3cn(C)c4ncccc34)CC2)cc1. The van der Waals surface area contributed by atoms with E-state index in [2.05, 4.69) is 17.2 Å². The van der Waals surface area contributed by atoms with Gasteiger partial charge >= 0.3 is 0 Å². The van der Waals surface area contributed by atoms with E-state index >= 15 is 0 Å². The summed E-state index contributed by atoms with van der Waals surface area (Å²) >= 11 is 0. The summed E-state index contributed by atoms with van der Waals surface area (Å²) in [5.74, 6) is 0.638. The molecule has 7 heteroatoms. The van der Waals surface area contributed by atoms with Gasteiger partial charge in [0.05, 0.1) is 12.0 Å². The quantitative estimate of drug-likeness (QED) is 0.695. The normalized spacial score (nSPS) is 15.7. The Morgan fingerprint density at radius 1 is 1.15 bits per heavy atom. The maximum atomic E-state index is 12.9. The average molecular weight is 383 g/mol. The summed E-state index contributed by atoms with van der Waals surface area (Å²) in [4.78, 5) is 4.71. The van der Waals surface area contributed by atoms with Crippen molar-refractivity contribution in [2.45, 2.75) is 11.3 Å². The van der Waals surface area contributed by atoms with Crippen LogP contribution < -0.4 is 4.74 Å². The van der Waals surface area contributed by atoms with E-state index < -0.39 is 10.0 Å². The molecule has 0 atom stereocenters. The van der Waals surface area contributed by atoms with E-state index in [-0.39, 0.29) is 4.90 Å².